The molecule has 1 unspecified atom stereocenters. The molecule has 200 valence electrons. The van der Waals surface area contributed by atoms with Crippen LogP contribution in [0.4, 0.5) is 0 Å². The molecule has 0 saturated heterocycles. The van der Waals surface area contributed by atoms with E-state index in [4.69, 9.17) is 9.15 Å². The third-order valence-corrected chi connectivity index (χ3v) is 6.55. The van der Waals surface area contributed by atoms with E-state index in [1.807, 2.05) is 50.5 Å². The molecular formula is C29H35N5O4. The maximum absolute atomic E-state index is 12.9. The van der Waals surface area contributed by atoms with Crippen molar-refractivity contribution in [2.45, 2.75) is 64.3 Å². The van der Waals surface area contributed by atoms with Gasteiger partial charge in [-0.1, -0.05) is 38.0 Å². The summed E-state index contributed by atoms with van der Waals surface area (Å²) in [6.07, 6.45) is 10.7. The number of aryl methyl sites for hydroxylation is 2. The van der Waals surface area contributed by atoms with Gasteiger partial charge < -0.3 is 14.5 Å². The van der Waals surface area contributed by atoms with Crippen molar-refractivity contribution >= 4 is 22.6 Å². The van der Waals surface area contributed by atoms with Gasteiger partial charge in [0.05, 0.1) is 30.6 Å². The number of methoxy groups -OCH3 is 1. The van der Waals surface area contributed by atoms with Crippen molar-refractivity contribution in [1.29, 1.82) is 0 Å². The van der Waals surface area contributed by atoms with Crippen LogP contribution in [0, 0.1) is 0 Å². The number of nitrogens with zero attached hydrogens (tertiary/aromatic N) is 4. The zero-order chi connectivity index (χ0) is 26.9. The summed E-state index contributed by atoms with van der Waals surface area (Å²) in [5.41, 5.74) is 2.53. The number of pyridine rings is 1. The van der Waals surface area contributed by atoms with Gasteiger partial charge in [-0.2, -0.15) is 5.10 Å². The normalized spacial score (nSPS) is 12.0. The van der Waals surface area contributed by atoms with E-state index in [1.54, 1.807) is 24.2 Å². The fourth-order valence-electron chi connectivity index (χ4n) is 4.41. The van der Waals surface area contributed by atoms with E-state index in [1.165, 1.54) is 0 Å². The predicted molar refractivity (Wildman–Crippen MR) is 145 cm³/mol. The highest BCUT2D eigenvalue weighted by Crippen LogP contribution is 2.33. The molecule has 3 aromatic heterocycles. The number of fused-ring (bicyclic) bond motifs is 1. The topological polar surface area (TPSA) is 112 Å². The molecule has 9 nitrogen and oxygen atoms in total. The van der Waals surface area contributed by atoms with Crippen molar-refractivity contribution < 1.29 is 18.7 Å². The molecule has 4 aromatic rings. The number of hydrogen-bond donors (Lipinski definition) is 1. The summed E-state index contributed by atoms with van der Waals surface area (Å²) in [4.78, 5) is 33.6. The van der Waals surface area contributed by atoms with E-state index in [2.05, 4.69) is 20.4 Å². The number of carbonyl (C=O) groups excluding carboxylic acids is 2. The summed E-state index contributed by atoms with van der Waals surface area (Å²) in [5, 5.41) is 8.23. The molecule has 0 aliphatic carbocycles. The van der Waals surface area contributed by atoms with Gasteiger partial charge in [0, 0.05) is 37.9 Å². The van der Waals surface area contributed by atoms with Gasteiger partial charge in [0.15, 0.2) is 5.76 Å². The molecular weight excluding hydrogens is 482 g/mol. The van der Waals surface area contributed by atoms with E-state index in [9.17, 15) is 9.59 Å². The average Bonchev–Trinajstić information content (AvgIpc) is 3.59. The first kappa shape index (κ1) is 27.0. The Morgan fingerprint density at radius 2 is 1.97 bits per heavy atom. The Kier molecular flexibility index (Phi) is 9.24. The Bertz CT molecular complexity index is 1380. The highest BCUT2D eigenvalue weighted by molar-refractivity contribution is 5.85. The van der Waals surface area contributed by atoms with E-state index in [0.717, 1.165) is 35.7 Å². The molecule has 38 heavy (non-hydrogen) atoms. The van der Waals surface area contributed by atoms with Crippen LogP contribution in [0.5, 0.6) is 5.88 Å². The molecule has 3 heterocycles. The third kappa shape index (κ3) is 7.06. The summed E-state index contributed by atoms with van der Waals surface area (Å²) in [7, 11) is 3.43. The molecule has 9 heteroatoms. The SMILES string of the molecule is CCC(=O)CCCCCC(NC(=O)CCc1cnn(C)c1)c1ncc(-c2cc3ccccc3nc2OC)o1. The van der Waals surface area contributed by atoms with Gasteiger partial charge in [0.25, 0.3) is 0 Å². The van der Waals surface area contributed by atoms with Crippen molar-refractivity contribution in [3.8, 4) is 17.2 Å². The van der Waals surface area contributed by atoms with Crippen LogP contribution >= 0.6 is 0 Å². The number of hydrogen-bond acceptors (Lipinski definition) is 7. The van der Waals surface area contributed by atoms with Crippen LogP contribution in [0.3, 0.4) is 0 Å². The number of nitrogens with one attached hydrogen (secondary N) is 1. The summed E-state index contributed by atoms with van der Waals surface area (Å²) < 4.78 is 13.5. The van der Waals surface area contributed by atoms with Gasteiger partial charge in [-0.05, 0) is 37.0 Å². The second-order valence-electron chi connectivity index (χ2n) is 9.43. The Morgan fingerprint density at radius 1 is 1.13 bits per heavy atom. The summed E-state index contributed by atoms with van der Waals surface area (Å²) in [5.74, 6) is 1.61. The van der Waals surface area contributed by atoms with Crippen LogP contribution in [-0.2, 0) is 23.1 Å². The van der Waals surface area contributed by atoms with E-state index >= 15 is 0 Å². The molecule has 0 saturated carbocycles. The van der Waals surface area contributed by atoms with Crippen molar-refractivity contribution in [2.75, 3.05) is 7.11 Å². The Hall–Kier alpha value is -4.01. The second-order valence-corrected chi connectivity index (χ2v) is 9.43. The Labute approximate surface area is 222 Å². The molecule has 1 aromatic carbocycles. The molecule has 0 aliphatic heterocycles. The molecule has 0 bridgehead atoms. The highest BCUT2D eigenvalue weighted by Gasteiger charge is 2.22. The van der Waals surface area contributed by atoms with Crippen molar-refractivity contribution in [3.63, 3.8) is 0 Å². The second kappa shape index (κ2) is 13.0. The third-order valence-electron chi connectivity index (χ3n) is 6.55. The quantitative estimate of drug-likeness (QED) is 0.224. The number of unbranched alkanes of at least 4 members (excludes halogenated alkanes) is 2. The standard InChI is InChI=1S/C29H35N5O4/c1-4-22(35)11-6-5-7-13-25(32-27(36)15-14-20-17-31-34(2)19-20)29-30-18-26(38-29)23-16-21-10-8-9-12-24(21)33-28(23)37-3/h8-10,12,16-19,25H,4-7,11,13-15H2,1-3H3,(H,32,36). The maximum atomic E-state index is 12.9. The fraction of sp³-hybridized carbons (Fsp3) is 0.414. The molecule has 1 atom stereocenters. The monoisotopic (exact) mass is 517 g/mol. The molecule has 4 rings (SSSR count). The summed E-state index contributed by atoms with van der Waals surface area (Å²) >= 11 is 0. The van der Waals surface area contributed by atoms with Crippen LogP contribution in [0.2, 0.25) is 0 Å². The van der Waals surface area contributed by atoms with Gasteiger partial charge in [0.1, 0.15) is 11.8 Å². The lowest BCUT2D eigenvalue weighted by Crippen LogP contribution is -2.29. The first-order chi connectivity index (χ1) is 18.5. The van der Waals surface area contributed by atoms with E-state index < -0.39 is 0 Å². The van der Waals surface area contributed by atoms with Gasteiger partial charge in [-0.25, -0.2) is 9.97 Å². The summed E-state index contributed by atoms with van der Waals surface area (Å²) in [6, 6.07) is 9.39. The lowest BCUT2D eigenvalue weighted by Gasteiger charge is -2.16. The smallest absolute Gasteiger partial charge is 0.224 e. The largest absolute Gasteiger partial charge is 0.480 e. The highest BCUT2D eigenvalue weighted by atomic mass is 16.5. The lowest BCUT2D eigenvalue weighted by atomic mass is 10.0. The number of ether oxygens (including phenoxy) is 1. The van der Waals surface area contributed by atoms with Crippen LogP contribution in [-0.4, -0.2) is 38.5 Å². The predicted octanol–water partition coefficient (Wildman–Crippen LogP) is 5.35. The summed E-state index contributed by atoms with van der Waals surface area (Å²) in [6.45, 7) is 1.89. The molecule has 1 amide bonds. The van der Waals surface area contributed by atoms with Crippen LogP contribution < -0.4 is 10.1 Å². The lowest BCUT2D eigenvalue weighted by molar-refractivity contribution is -0.122. The first-order valence-electron chi connectivity index (χ1n) is 13.1. The van der Waals surface area contributed by atoms with Crippen molar-refractivity contribution in [1.82, 2.24) is 25.1 Å². The van der Waals surface area contributed by atoms with Crippen molar-refractivity contribution in [3.05, 3.63) is 60.4 Å². The van der Waals surface area contributed by atoms with Gasteiger partial charge in [-0.15, -0.1) is 0 Å². The van der Waals surface area contributed by atoms with Gasteiger partial charge in [-0.3, -0.25) is 14.3 Å². The number of oxazole rings is 1. The van der Waals surface area contributed by atoms with Gasteiger partial charge >= 0.3 is 0 Å². The van der Waals surface area contributed by atoms with Crippen LogP contribution in [0.1, 0.15) is 69.4 Å². The molecule has 0 fully saturated rings. The molecule has 0 aliphatic rings. The number of amides is 1. The first-order valence-corrected chi connectivity index (χ1v) is 13.1. The molecule has 0 spiro atoms. The number of aromatic nitrogens is 4. The minimum absolute atomic E-state index is 0.0790. The zero-order valence-electron chi connectivity index (χ0n) is 22.3. The fourth-order valence-corrected chi connectivity index (χ4v) is 4.41. The minimum atomic E-state index is -0.383. The number of ketones is 1. The maximum Gasteiger partial charge on any atom is 0.224 e. The minimum Gasteiger partial charge on any atom is -0.480 e. The molecule has 1 N–H and O–H groups in total. The average molecular weight is 518 g/mol. The van der Waals surface area contributed by atoms with Crippen molar-refractivity contribution in [2.24, 2.45) is 7.05 Å². The van der Waals surface area contributed by atoms with E-state index in [-0.39, 0.29) is 17.7 Å². The zero-order valence-corrected chi connectivity index (χ0v) is 22.3. The number of carbonyl (C=O) groups is 2. The number of para-hydroxylation sites is 1. The number of Topliss-reactive ketones (excluding diaryl/α,β-unsaturated/α-hetero) is 1. The number of benzene rings is 1. The van der Waals surface area contributed by atoms with Gasteiger partial charge in [0.2, 0.25) is 17.7 Å². The van der Waals surface area contributed by atoms with Crippen LogP contribution in [0.25, 0.3) is 22.2 Å². The van der Waals surface area contributed by atoms with Crippen LogP contribution in [0.15, 0.2) is 53.3 Å². The Morgan fingerprint density at radius 3 is 2.74 bits per heavy atom. The Balaban J connectivity index is 1.49. The van der Waals surface area contributed by atoms with E-state index in [0.29, 0.717) is 55.2 Å². The molecule has 0 radical (unpaired) electrons. The number of rotatable bonds is 14.